The van der Waals surface area contributed by atoms with Gasteiger partial charge in [-0.3, -0.25) is 4.57 Å². The van der Waals surface area contributed by atoms with Gasteiger partial charge in [0.05, 0.1) is 22.2 Å². The van der Waals surface area contributed by atoms with Gasteiger partial charge in [0.25, 0.3) is 0 Å². The van der Waals surface area contributed by atoms with Crippen LogP contribution in [0.15, 0.2) is 211 Å². The molecule has 0 saturated heterocycles. The van der Waals surface area contributed by atoms with Crippen molar-refractivity contribution in [3.8, 4) is 5.82 Å². The molecule has 4 heterocycles. The molecule has 3 aliphatic carbocycles. The lowest BCUT2D eigenvalue weighted by molar-refractivity contribution is 0.981. The van der Waals surface area contributed by atoms with E-state index in [1.165, 1.54) is 41.8 Å². The van der Waals surface area contributed by atoms with Gasteiger partial charge in [0.1, 0.15) is 5.82 Å². The van der Waals surface area contributed by atoms with Crippen molar-refractivity contribution in [2.75, 3.05) is 0 Å². The van der Waals surface area contributed by atoms with E-state index in [1.54, 1.807) is 0 Å². The molecule has 0 saturated carbocycles. The molecule has 0 N–H and O–H groups in total. The second kappa shape index (κ2) is 18.1. The SMILES string of the molecule is C/C=C\C=C/c1cc2c(ccc3c4ccccc4n(-c4cccc(C5C=CC=c6sc7ccccc7c6=C5)n4)c32)n1C1=CC(c2ccccc2)=C=CC(CC2=CC=CC=CC2)=C1.CC. The third kappa shape index (κ3) is 7.69. The van der Waals surface area contributed by atoms with E-state index >= 15 is 0 Å². The Hall–Kier alpha value is -7.49. The molecular formula is C60H49N3S. The van der Waals surface area contributed by atoms with Gasteiger partial charge in [-0.2, -0.15) is 0 Å². The van der Waals surface area contributed by atoms with Crippen LogP contribution in [0, 0.1) is 0 Å². The maximum atomic E-state index is 5.52. The van der Waals surface area contributed by atoms with Crippen molar-refractivity contribution in [3.05, 3.63) is 238 Å². The van der Waals surface area contributed by atoms with E-state index in [2.05, 4.69) is 234 Å². The number of allylic oxidation sites excluding steroid dienone is 16. The van der Waals surface area contributed by atoms with Crippen LogP contribution in [0.5, 0.6) is 0 Å². The molecule has 0 aliphatic heterocycles. The number of hydrogen-bond acceptors (Lipinski definition) is 2. The molecule has 310 valence electrons. The summed E-state index contributed by atoms with van der Waals surface area (Å²) < 4.78 is 7.41. The smallest absolute Gasteiger partial charge is 0.137 e. The van der Waals surface area contributed by atoms with Crippen LogP contribution >= 0.6 is 11.3 Å². The van der Waals surface area contributed by atoms with E-state index in [0.717, 1.165) is 68.8 Å². The molecular weight excluding hydrogens is 795 g/mol. The monoisotopic (exact) mass is 843 g/mol. The third-order valence-electron chi connectivity index (χ3n) is 12.0. The van der Waals surface area contributed by atoms with Crippen molar-refractivity contribution in [2.24, 2.45) is 0 Å². The molecule has 11 rings (SSSR count). The van der Waals surface area contributed by atoms with Crippen LogP contribution in [-0.4, -0.2) is 14.1 Å². The Balaban J connectivity index is 0.00000239. The highest BCUT2D eigenvalue weighted by Crippen LogP contribution is 2.40. The molecule has 4 aromatic heterocycles. The number of benzene rings is 4. The Labute approximate surface area is 379 Å². The number of aromatic nitrogens is 3. The van der Waals surface area contributed by atoms with Gasteiger partial charge in [-0.05, 0) is 103 Å². The molecule has 0 amide bonds. The Morgan fingerprint density at radius 1 is 0.734 bits per heavy atom. The average molecular weight is 844 g/mol. The zero-order valence-electron chi connectivity index (χ0n) is 36.4. The summed E-state index contributed by atoms with van der Waals surface area (Å²) in [7, 11) is 0. The molecule has 1 unspecified atom stereocenters. The predicted molar refractivity (Wildman–Crippen MR) is 277 cm³/mol. The second-order valence-corrected chi connectivity index (χ2v) is 17.0. The molecule has 4 aromatic carbocycles. The van der Waals surface area contributed by atoms with E-state index in [1.807, 2.05) is 25.2 Å². The summed E-state index contributed by atoms with van der Waals surface area (Å²) in [6.45, 7) is 6.06. The summed E-state index contributed by atoms with van der Waals surface area (Å²) in [6, 6.07) is 41.6. The molecule has 0 fully saturated rings. The zero-order chi connectivity index (χ0) is 43.4. The van der Waals surface area contributed by atoms with Crippen molar-refractivity contribution >= 4 is 83.6 Å². The zero-order valence-corrected chi connectivity index (χ0v) is 37.3. The molecule has 3 aliphatic rings. The van der Waals surface area contributed by atoms with Gasteiger partial charge in [0, 0.05) is 53.7 Å². The Morgan fingerprint density at radius 3 is 2.45 bits per heavy atom. The largest absolute Gasteiger partial charge is 0.310 e. The van der Waals surface area contributed by atoms with Crippen molar-refractivity contribution in [3.63, 3.8) is 0 Å². The fourth-order valence-electron chi connectivity index (χ4n) is 9.15. The lowest BCUT2D eigenvalue weighted by atomic mass is 10.0. The highest BCUT2D eigenvalue weighted by Gasteiger charge is 2.22. The Bertz CT molecular complexity index is 3560. The highest BCUT2D eigenvalue weighted by atomic mass is 32.1. The van der Waals surface area contributed by atoms with Crippen LogP contribution in [0.2, 0.25) is 0 Å². The van der Waals surface area contributed by atoms with Crippen molar-refractivity contribution < 1.29 is 0 Å². The number of rotatable bonds is 8. The molecule has 8 aromatic rings. The first-order valence-corrected chi connectivity index (χ1v) is 23.2. The maximum Gasteiger partial charge on any atom is 0.137 e. The molecule has 3 nitrogen and oxygen atoms in total. The lowest BCUT2D eigenvalue weighted by Crippen LogP contribution is -2.18. The summed E-state index contributed by atoms with van der Waals surface area (Å²) in [5.41, 5.74) is 15.1. The minimum absolute atomic E-state index is 0.0208. The average Bonchev–Trinajstić information content (AvgIpc) is 3.75. The topological polar surface area (TPSA) is 22.8 Å². The fraction of sp³-hybridized carbons (Fsp3) is 0.100. The molecule has 0 spiro atoms. The van der Waals surface area contributed by atoms with Crippen LogP contribution in [0.25, 0.3) is 78.1 Å². The normalized spacial score (nSPS) is 15.9. The standard InChI is InChI=1S/C58H43N3S.C2H6/c1-2-3-7-23-45-39-51-54(60(45)46-36-41(35-40-18-8-4-5-9-19-40)31-32-43(37-46)42-20-10-6-11-21-42)34-33-49-47-24-12-14-27-53(47)61(58(49)51)57-30-17-26-52(59-57)44-22-16-29-56-50(38-44)48-25-13-15-28-55(48)62-56;1-2/h2-18,20-31,33-34,36-39,44H,19,35H2,1H3;1-2H3/b3-2-,23-7-;. The first-order valence-electron chi connectivity index (χ1n) is 22.4. The minimum atomic E-state index is 0.0208. The van der Waals surface area contributed by atoms with E-state index in [4.69, 9.17) is 4.98 Å². The van der Waals surface area contributed by atoms with Gasteiger partial charge in [-0.15, -0.1) is 17.1 Å². The quantitative estimate of drug-likeness (QED) is 0.110. The van der Waals surface area contributed by atoms with E-state index in [0.29, 0.717) is 0 Å². The number of nitrogens with zero attached hydrogens (tertiary/aromatic N) is 3. The highest BCUT2D eigenvalue weighted by molar-refractivity contribution is 7.17. The Kier molecular flexibility index (Phi) is 11.5. The van der Waals surface area contributed by atoms with Crippen LogP contribution < -0.4 is 9.75 Å². The first-order chi connectivity index (χ1) is 31.7. The molecule has 4 heteroatoms. The maximum absolute atomic E-state index is 5.52. The number of fused-ring (bicyclic) bond motifs is 8. The van der Waals surface area contributed by atoms with E-state index < -0.39 is 0 Å². The third-order valence-corrected chi connectivity index (χ3v) is 13.2. The molecule has 64 heavy (non-hydrogen) atoms. The number of hydrogen-bond donors (Lipinski definition) is 0. The summed E-state index contributed by atoms with van der Waals surface area (Å²) >= 11 is 1.85. The van der Waals surface area contributed by atoms with E-state index in [9.17, 15) is 0 Å². The van der Waals surface area contributed by atoms with Crippen molar-refractivity contribution in [2.45, 2.75) is 39.5 Å². The summed E-state index contributed by atoms with van der Waals surface area (Å²) in [4.78, 5) is 5.52. The molecule has 0 bridgehead atoms. The molecule has 0 radical (unpaired) electrons. The van der Waals surface area contributed by atoms with Crippen LogP contribution in [0.1, 0.15) is 56.5 Å². The number of thiophene rings is 1. The van der Waals surface area contributed by atoms with Gasteiger partial charge >= 0.3 is 0 Å². The number of pyridine rings is 1. The minimum Gasteiger partial charge on any atom is -0.310 e. The predicted octanol–water partition coefficient (Wildman–Crippen LogP) is 14.7. The van der Waals surface area contributed by atoms with Gasteiger partial charge in [-0.25, -0.2) is 4.98 Å². The summed E-state index contributed by atoms with van der Waals surface area (Å²) in [5.74, 6) is 0.923. The lowest BCUT2D eigenvalue weighted by Gasteiger charge is -2.14. The Morgan fingerprint density at radius 2 is 1.56 bits per heavy atom. The summed E-state index contributed by atoms with van der Waals surface area (Å²) in [5, 5.41) is 6.15. The first kappa shape index (κ1) is 40.6. The van der Waals surface area contributed by atoms with E-state index in [-0.39, 0.29) is 5.92 Å². The van der Waals surface area contributed by atoms with Gasteiger partial charge in [0.15, 0.2) is 0 Å². The van der Waals surface area contributed by atoms with Gasteiger partial charge < -0.3 is 4.57 Å². The van der Waals surface area contributed by atoms with Crippen LogP contribution in [-0.2, 0) is 0 Å². The molecule has 1 atom stereocenters. The van der Waals surface area contributed by atoms with Gasteiger partial charge in [-0.1, -0.05) is 165 Å². The van der Waals surface area contributed by atoms with Crippen molar-refractivity contribution in [1.82, 2.24) is 14.1 Å². The van der Waals surface area contributed by atoms with Gasteiger partial charge in [0.2, 0.25) is 0 Å². The number of para-hydroxylation sites is 1. The van der Waals surface area contributed by atoms with Crippen molar-refractivity contribution in [1.29, 1.82) is 0 Å². The summed E-state index contributed by atoms with van der Waals surface area (Å²) in [6.07, 6.45) is 37.1. The van der Waals surface area contributed by atoms with Crippen LogP contribution in [0.4, 0.5) is 0 Å². The van der Waals surface area contributed by atoms with Crippen LogP contribution in [0.3, 0.4) is 0 Å². The fourth-order valence-corrected chi connectivity index (χ4v) is 10.3. The second-order valence-electron chi connectivity index (χ2n) is 16.0.